The molecular weight excluding hydrogens is 272 g/mol. The Morgan fingerprint density at radius 1 is 1.25 bits per heavy atom. The van der Waals surface area contributed by atoms with E-state index in [1.165, 1.54) is 11.1 Å². The molecule has 1 aliphatic heterocycles. The summed E-state index contributed by atoms with van der Waals surface area (Å²) >= 11 is 0. The summed E-state index contributed by atoms with van der Waals surface area (Å²) in [6.45, 7) is 2.97. The molecule has 20 heavy (non-hydrogen) atoms. The van der Waals surface area contributed by atoms with Crippen molar-refractivity contribution in [3.63, 3.8) is 0 Å². The van der Waals surface area contributed by atoms with Crippen molar-refractivity contribution in [1.29, 1.82) is 0 Å². The Balaban J connectivity index is 1.77. The summed E-state index contributed by atoms with van der Waals surface area (Å²) in [6, 6.07) is 6.00. The fourth-order valence-electron chi connectivity index (χ4n) is 3.24. The fourth-order valence-corrected chi connectivity index (χ4v) is 4.58. The van der Waals surface area contributed by atoms with E-state index in [2.05, 4.69) is 17.0 Å². The fraction of sp³-hybridized carbons (Fsp3) is 0.600. The molecule has 0 aromatic heterocycles. The normalized spacial score (nSPS) is 26.4. The molecule has 2 N–H and O–H groups in total. The van der Waals surface area contributed by atoms with Gasteiger partial charge in [-0.3, -0.25) is 0 Å². The van der Waals surface area contributed by atoms with Crippen LogP contribution in [0.5, 0.6) is 0 Å². The average molecular weight is 294 g/mol. The highest BCUT2D eigenvalue weighted by atomic mass is 32.2. The summed E-state index contributed by atoms with van der Waals surface area (Å²) in [5.41, 5.74) is 2.51. The monoisotopic (exact) mass is 294 g/mol. The number of hydrogen-bond donors (Lipinski definition) is 2. The number of sulfonamides is 1. The summed E-state index contributed by atoms with van der Waals surface area (Å²) in [5.74, 6) is 0. The third kappa shape index (κ3) is 2.90. The summed E-state index contributed by atoms with van der Waals surface area (Å²) in [6.07, 6.45) is 4.93. The Kier molecular flexibility index (Phi) is 3.84. The number of nitrogens with one attached hydrogen (secondary N) is 2. The van der Waals surface area contributed by atoms with Crippen molar-refractivity contribution in [2.75, 3.05) is 6.54 Å². The van der Waals surface area contributed by atoms with Crippen molar-refractivity contribution in [2.45, 2.75) is 56.0 Å². The lowest BCUT2D eigenvalue weighted by atomic mass is 10.0. The quantitative estimate of drug-likeness (QED) is 0.890. The van der Waals surface area contributed by atoms with Gasteiger partial charge in [-0.15, -0.1) is 0 Å². The number of aryl methyl sites for hydroxylation is 2. The third-order valence-corrected chi connectivity index (χ3v) is 5.84. The topological polar surface area (TPSA) is 58.2 Å². The van der Waals surface area contributed by atoms with Crippen LogP contribution in [0.15, 0.2) is 23.1 Å². The summed E-state index contributed by atoms with van der Waals surface area (Å²) in [5, 5.41) is 3.34. The van der Waals surface area contributed by atoms with Gasteiger partial charge in [-0.25, -0.2) is 13.1 Å². The van der Waals surface area contributed by atoms with Gasteiger partial charge in [0.15, 0.2) is 0 Å². The van der Waals surface area contributed by atoms with Crippen LogP contribution in [-0.4, -0.2) is 27.0 Å². The van der Waals surface area contributed by atoms with E-state index in [1.807, 2.05) is 12.1 Å². The molecule has 0 bridgehead atoms. The van der Waals surface area contributed by atoms with Gasteiger partial charge in [0, 0.05) is 12.1 Å². The van der Waals surface area contributed by atoms with Gasteiger partial charge in [0.05, 0.1) is 4.90 Å². The minimum absolute atomic E-state index is 0.0458. The molecule has 1 fully saturated rings. The maximum absolute atomic E-state index is 12.5. The van der Waals surface area contributed by atoms with Gasteiger partial charge in [-0.2, -0.15) is 0 Å². The molecule has 1 aromatic carbocycles. The minimum Gasteiger partial charge on any atom is -0.314 e. The first kappa shape index (κ1) is 14.0. The summed E-state index contributed by atoms with van der Waals surface area (Å²) in [7, 11) is -3.38. The van der Waals surface area contributed by atoms with E-state index in [4.69, 9.17) is 0 Å². The van der Waals surface area contributed by atoms with E-state index in [1.54, 1.807) is 6.07 Å². The Morgan fingerprint density at radius 3 is 2.85 bits per heavy atom. The van der Waals surface area contributed by atoms with Gasteiger partial charge < -0.3 is 5.32 Å². The van der Waals surface area contributed by atoms with Crippen LogP contribution in [-0.2, 0) is 22.9 Å². The molecule has 2 atom stereocenters. The molecule has 0 saturated carbocycles. The van der Waals surface area contributed by atoms with Crippen molar-refractivity contribution in [3.05, 3.63) is 29.3 Å². The maximum atomic E-state index is 12.5. The lowest BCUT2D eigenvalue weighted by molar-refractivity contribution is 0.361. The highest BCUT2D eigenvalue weighted by Gasteiger charge is 2.25. The number of fused-ring (bicyclic) bond motifs is 1. The van der Waals surface area contributed by atoms with Crippen LogP contribution in [0, 0.1) is 0 Å². The van der Waals surface area contributed by atoms with Gasteiger partial charge in [0.25, 0.3) is 0 Å². The Labute approximate surface area is 121 Å². The largest absolute Gasteiger partial charge is 0.314 e. The molecule has 110 valence electrons. The predicted octanol–water partition coefficient (Wildman–Crippen LogP) is 1.59. The molecule has 2 unspecified atom stereocenters. The first-order valence-electron chi connectivity index (χ1n) is 7.42. The van der Waals surface area contributed by atoms with E-state index < -0.39 is 10.0 Å². The smallest absolute Gasteiger partial charge is 0.240 e. The highest BCUT2D eigenvalue weighted by molar-refractivity contribution is 7.89. The van der Waals surface area contributed by atoms with Crippen molar-refractivity contribution in [3.8, 4) is 0 Å². The van der Waals surface area contributed by atoms with Crippen molar-refractivity contribution in [1.82, 2.24) is 10.0 Å². The number of benzene rings is 1. The molecule has 0 amide bonds. The Morgan fingerprint density at radius 2 is 2.05 bits per heavy atom. The average Bonchev–Trinajstić information content (AvgIpc) is 2.85. The third-order valence-electron chi connectivity index (χ3n) is 4.33. The first-order valence-corrected chi connectivity index (χ1v) is 8.90. The molecule has 1 saturated heterocycles. The number of hydrogen-bond acceptors (Lipinski definition) is 3. The Hall–Kier alpha value is -0.910. The first-order chi connectivity index (χ1) is 9.54. The van der Waals surface area contributed by atoms with Gasteiger partial charge in [-0.1, -0.05) is 6.07 Å². The van der Waals surface area contributed by atoms with E-state index in [-0.39, 0.29) is 6.04 Å². The maximum Gasteiger partial charge on any atom is 0.240 e. The molecule has 0 radical (unpaired) electrons. The van der Waals surface area contributed by atoms with E-state index in [0.29, 0.717) is 10.9 Å². The zero-order chi connectivity index (χ0) is 14.2. The second-order valence-corrected chi connectivity index (χ2v) is 7.70. The minimum atomic E-state index is -3.38. The summed E-state index contributed by atoms with van der Waals surface area (Å²) in [4.78, 5) is 0.421. The molecule has 1 heterocycles. The molecule has 4 nitrogen and oxygen atoms in total. The van der Waals surface area contributed by atoms with Crippen LogP contribution in [0.3, 0.4) is 0 Å². The van der Waals surface area contributed by atoms with Gasteiger partial charge in [0.1, 0.15) is 0 Å². The van der Waals surface area contributed by atoms with Crippen LogP contribution >= 0.6 is 0 Å². The van der Waals surface area contributed by atoms with Crippen LogP contribution in [0.25, 0.3) is 0 Å². The standard InChI is InChI=1S/C15H22N2O2S/c1-11-9-14(7-8-16-11)17-20(18,19)15-6-5-12-3-2-4-13(12)10-15/h5-6,10-11,14,16-17H,2-4,7-9H2,1H3. The van der Waals surface area contributed by atoms with Crippen molar-refractivity contribution < 1.29 is 8.42 Å². The van der Waals surface area contributed by atoms with E-state index >= 15 is 0 Å². The SMILES string of the molecule is CC1CC(NS(=O)(=O)c2ccc3c(c2)CCC3)CCN1. The van der Waals surface area contributed by atoms with Gasteiger partial charge in [0.2, 0.25) is 10.0 Å². The predicted molar refractivity (Wildman–Crippen MR) is 79.3 cm³/mol. The van der Waals surface area contributed by atoms with Gasteiger partial charge >= 0.3 is 0 Å². The Bertz CT molecular complexity index is 598. The molecule has 2 aliphatic rings. The lowest BCUT2D eigenvalue weighted by Gasteiger charge is -2.28. The van der Waals surface area contributed by atoms with E-state index in [0.717, 1.165) is 38.6 Å². The van der Waals surface area contributed by atoms with Crippen molar-refractivity contribution >= 4 is 10.0 Å². The second kappa shape index (κ2) is 5.47. The molecule has 5 heteroatoms. The second-order valence-electron chi connectivity index (χ2n) is 5.98. The molecular formula is C15H22N2O2S. The van der Waals surface area contributed by atoms with Gasteiger partial charge in [-0.05, 0) is 68.8 Å². The molecule has 1 aliphatic carbocycles. The van der Waals surface area contributed by atoms with Crippen molar-refractivity contribution in [2.24, 2.45) is 0 Å². The van der Waals surface area contributed by atoms with E-state index in [9.17, 15) is 8.42 Å². The lowest BCUT2D eigenvalue weighted by Crippen LogP contribution is -2.46. The van der Waals surface area contributed by atoms with Crippen LogP contribution in [0.4, 0.5) is 0 Å². The molecule has 1 aromatic rings. The van der Waals surface area contributed by atoms with Crippen LogP contribution < -0.4 is 10.0 Å². The summed E-state index contributed by atoms with van der Waals surface area (Å²) < 4.78 is 27.8. The van der Waals surface area contributed by atoms with Crippen LogP contribution in [0.1, 0.15) is 37.3 Å². The highest BCUT2D eigenvalue weighted by Crippen LogP contribution is 2.25. The zero-order valence-electron chi connectivity index (χ0n) is 11.9. The zero-order valence-corrected chi connectivity index (χ0v) is 12.7. The number of rotatable bonds is 3. The molecule has 0 spiro atoms. The number of piperidine rings is 1. The molecule has 3 rings (SSSR count). The van der Waals surface area contributed by atoms with Crippen LogP contribution in [0.2, 0.25) is 0 Å².